The first-order valence-corrected chi connectivity index (χ1v) is 7.41. The van der Waals surface area contributed by atoms with Crippen molar-refractivity contribution in [2.45, 2.75) is 13.1 Å². The number of pyridine rings is 1. The van der Waals surface area contributed by atoms with Gasteiger partial charge in [-0.05, 0) is 29.8 Å². The van der Waals surface area contributed by atoms with Crippen molar-refractivity contribution in [3.63, 3.8) is 0 Å². The Morgan fingerprint density at radius 3 is 2.62 bits per heavy atom. The summed E-state index contributed by atoms with van der Waals surface area (Å²) in [5, 5.41) is 6.27. The summed E-state index contributed by atoms with van der Waals surface area (Å²) in [4.78, 5) is 27.9. The van der Waals surface area contributed by atoms with E-state index in [9.17, 15) is 22.8 Å². The highest BCUT2D eigenvalue weighted by atomic mass is 19.2. The van der Waals surface area contributed by atoms with Gasteiger partial charge >= 0.3 is 5.69 Å². The first-order valence-electron chi connectivity index (χ1n) is 7.41. The first kappa shape index (κ1) is 17.4. The normalized spacial score (nSPS) is 10.7. The predicted molar refractivity (Wildman–Crippen MR) is 83.8 cm³/mol. The highest BCUT2D eigenvalue weighted by Crippen LogP contribution is 2.08. The molecule has 0 aliphatic carbocycles. The maximum atomic E-state index is 13.1. The molecule has 0 saturated carbocycles. The standard InChI is InChI=1S/C16H12F3N5O2/c17-11-2-4-14(20-7-11)23-9-22-24(16(23)26)8-15(25)21-6-10-1-3-12(18)13(19)5-10/h1-5,7,9H,6,8H2,(H,21,25). The summed E-state index contributed by atoms with van der Waals surface area (Å²) in [6.07, 6.45) is 2.11. The largest absolute Gasteiger partial charge is 0.352 e. The summed E-state index contributed by atoms with van der Waals surface area (Å²) in [6.45, 7) is -0.415. The highest BCUT2D eigenvalue weighted by molar-refractivity contribution is 5.75. The molecule has 0 bridgehead atoms. The van der Waals surface area contributed by atoms with Crippen LogP contribution in [0.2, 0.25) is 0 Å². The van der Waals surface area contributed by atoms with Crippen molar-refractivity contribution in [2.75, 3.05) is 0 Å². The Morgan fingerprint density at radius 1 is 1.12 bits per heavy atom. The number of halogens is 3. The molecule has 0 saturated heterocycles. The number of carbonyl (C=O) groups excluding carboxylic acids is 1. The third-order valence-corrected chi connectivity index (χ3v) is 3.46. The van der Waals surface area contributed by atoms with Crippen molar-refractivity contribution in [2.24, 2.45) is 0 Å². The lowest BCUT2D eigenvalue weighted by Crippen LogP contribution is -2.33. The van der Waals surface area contributed by atoms with E-state index in [-0.39, 0.29) is 18.9 Å². The average molecular weight is 363 g/mol. The van der Waals surface area contributed by atoms with Crippen LogP contribution in [-0.2, 0) is 17.9 Å². The van der Waals surface area contributed by atoms with E-state index in [2.05, 4.69) is 15.4 Å². The lowest BCUT2D eigenvalue weighted by Gasteiger charge is -2.05. The molecular formula is C16H12F3N5O2. The number of hydrogen-bond donors (Lipinski definition) is 1. The third-order valence-electron chi connectivity index (χ3n) is 3.46. The first-order chi connectivity index (χ1) is 12.4. The molecule has 0 radical (unpaired) electrons. The van der Waals surface area contributed by atoms with Gasteiger partial charge in [-0.25, -0.2) is 32.2 Å². The minimum Gasteiger partial charge on any atom is -0.350 e. The van der Waals surface area contributed by atoms with Crippen LogP contribution in [0.4, 0.5) is 13.2 Å². The van der Waals surface area contributed by atoms with E-state index >= 15 is 0 Å². The van der Waals surface area contributed by atoms with E-state index in [1.165, 1.54) is 12.1 Å². The number of nitrogens with zero attached hydrogens (tertiary/aromatic N) is 4. The van der Waals surface area contributed by atoms with Gasteiger partial charge in [0.15, 0.2) is 11.6 Å². The molecule has 1 aromatic carbocycles. The molecule has 2 heterocycles. The second kappa shape index (κ2) is 7.21. The molecule has 1 amide bonds. The lowest BCUT2D eigenvalue weighted by molar-refractivity contribution is -0.122. The van der Waals surface area contributed by atoms with Gasteiger partial charge in [-0.2, -0.15) is 5.10 Å². The van der Waals surface area contributed by atoms with Gasteiger partial charge in [0.2, 0.25) is 5.91 Å². The summed E-state index contributed by atoms with van der Waals surface area (Å²) in [6, 6.07) is 5.70. The van der Waals surface area contributed by atoms with Crippen LogP contribution in [-0.4, -0.2) is 25.2 Å². The summed E-state index contributed by atoms with van der Waals surface area (Å²) in [5.41, 5.74) is -0.266. The summed E-state index contributed by atoms with van der Waals surface area (Å²) < 4.78 is 40.8. The molecule has 7 nitrogen and oxygen atoms in total. The van der Waals surface area contributed by atoms with Crippen LogP contribution in [0.3, 0.4) is 0 Å². The van der Waals surface area contributed by atoms with Crippen molar-refractivity contribution < 1.29 is 18.0 Å². The summed E-state index contributed by atoms with van der Waals surface area (Å²) >= 11 is 0. The quantitative estimate of drug-likeness (QED) is 0.738. The Balaban J connectivity index is 1.65. The maximum absolute atomic E-state index is 13.1. The number of carbonyl (C=O) groups is 1. The zero-order valence-electron chi connectivity index (χ0n) is 13.2. The molecule has 3 aromatic rings. The molecule has 1 N–H and O–H groups in total. The zero-order valence-corrected chi connectivity index (χ0v) is 13.2. The van der Waals surface area contributed by atoms with Gasteiger partial charge < -0.3 is 5.32 Å². The van der Waals surface area contributed by atoms with Gasteiger partial charge in [-0.1, -0.05) is 6.07 Å². The Morgan fingerprint density at radius 2 is 1.92 bits per heavy atom. The molecule has 0 atom stereocenters. The Labute approximate surface area is 144 Å². The minimum atomic E-state index is -1.02. The molecule has 0 unspecified atom stereocenters. The van der Waals surface area contributed by atoms with Gasteiger partial charge in [0.25, 0.3) is 0 Å². The van der Waals surface area contributed by atoms with E-state index < -0.39 is 29.0 Å². The molecule has 0 spiro atoms. The second-order valence-electron chi connectivity index (χ2n) is 5.30. The van der Waals surface area contributed by atoms with Crippen LogP contribution < -0.4 is 11.0 Å². The molecule has 2 aromatic heterocycles. The molecule has 0 aliphatic rings. The number of hydrogen-bond acceptors (Lipinski definition) is 4. The Hall–Kier alpha value is -3.43. The minimum absolute atomic E-state index is 0.0367. The van der Waals surface area contributed by atoms with Crippen molar-refractivity contribution in [3.05, 3.63) is 76.4 Å². The van der Waals surface area contributed by atoms with Crippen molar-refractivity contribution in [1.82, 2.24) is 24.6 Å². The highest BCUT2D eigenvalue weighted by Gasteiger charge is 2.12. The second-order valence-corrected chi connectivity index (χ2v) is 5.30. The summed E-state index contributed by atoms with van der Waals surface area (Å²) in [7, 11) is 0. The van der Waals surface area contributed by atoms with Gasteiger partial charge in [-0.3, -0.25) is 4.79 Å². The fraction of sp³-hybridized carbons (Fsp3) is 0.125. The van der Waals surface area contributed by atoms with Crippen molar-refractivity contribution >= 4 is 5.91 Å². The number of rotatable bonds is 5. The van der Waals surface area contributed by atoms with Gasteiger partial charge in [-0.15, -0.1) is 0 Å². The number of nitrogens with one attached hydrogen (secondary N) is 1. The van der Waals surface area contributed by atoms with Gasteiger partial charge in [0.1, 0.15) is 24.5 Å². The molecule has 10 heteroatoms. The topological polar surface area (TPSA) is 81.8 Å². The van der Waals surface area contributed by atoms with Crippen LogP contribution in [0.1, 0.15) is 5.56 Å². The Kier molecular flexibility index (Phi) is 4.83. The van der Waals surface area contributed by atoms with E-state index in [1.807, 2.05) is 0 Å². The van der Waals surface area contributed by atoms with Crippen LogP contribution >= 0.6 is 0 Å². The fourth-order valence-corrected chi connectivity index (χ4v) is 2.16. The van der Waals surface area contributed by atoms with Crippen molar-refractivity contribution in [1.29, 1.82) is 0 Å². The smallest absolute Gasteiger partial charge is 0.350 e. The lowest BCUT2D eigenvalue weighted by atomic mass is 10.2. The van der Waals surface area contributed by atoms with Gasteiger partial charge in [0, 0.05) is 6.54 Å². The number of amides is 1. The van der Waals surface area contributed by atoms with E-state index in [4.69, 9.17) is 0 Å². The summed E-state index contributed by atoms with van der Waals surface area (Å²) in [5.74, 6) is -2.94. The molecular weight excluding hydrogens is 351 g/mol. The average Bonchev–Trinajstić information content (AvgIpc) is 2.97. The zero-order chi connectivity index (χ0) is 18.7. The van der Waals surface area contributed by atoms with Crippen LogP contribution in [0.15, 0.2) is 47.7 Å². The number of aromatic nitrogens is 4. The predicted octanol–water partition coefficient (Wildman–Crippen LogP) is 1.16. The van der Waals surface area contributed by atoms with Gasteiger partial charge in [0.05, 0.1) is 6.20 Å². The molecule has 134 valence electrons. The van der Waals surface area contributed by atoms with Crippen LogP contribution in [0.25, 0.3) is 5.82 Å². The van der Waals surface area contributed by atoms with E-state index in [0.717, 1.165) is 40.0 Å². The molecule has 3 rings (SSSR count). The van der Waals surface area contributed by atoms with E-state index in [0.29, 0.717) is 5.56 Å². The van der Waals surface area contributed by atoms with Crippen LogP contribution in [0.5, 0.6) is 0 Å². The van der Waals surface area contributed by atoms with E-state index in [1.54, 1.807) is 0 Å². The Bertz CT molecular complexity index is 998. The van der Waals surface area contributed by atoms with Crippen LogP contribution in [0, 0.1) is 17.5 Å². The molecule has 0 fully saturated rings. The monoisotopic (exact) mass is 363 g/mol. The fourth-order valence-electron chi connectivity index (χ4n) is 2.16. The third kappa shape index (κ3) is 3.79. The molecule has 26 heavy (non-hydrogen) atoms. The SMILES string of the molecule is O=C(Cn1ncn(-c2ccc(F)cn2)c1=O)NCc1ccc(F)c(F)c1. The van der Waals surface area contributed by atoms with Crippen molar-refractivity contribution in [3.8, 4) is 5.82 Å². The molecule has 0 aliphatic heterocycles. The maximum Gasteiger partial charge on any atom is 0.352 e. The number of benzene rings is 1.